The Morgan fingerprint density at radius 1 is 1.47 bits per heavy atom. The largest absolute Gasteiger partial charge is 0.478 e. The summed E-state index contributed by atoms with van der Waals surface area (Å²) in [5, 5.41) is 11.9. The van der Waals surface area contributed by atoms with E-state index in [0.717, 1.165) is 17.0 Å². The van der Waals surface area contributed by atoms with Crippen LogP contribution in [0, 0.1) is 5.82 Å². The Morgan fingerprint density at radius 3 is 2.79 bits per heavy atom. The Labute approximate surface area is 121 Å². The number of aromatic carboxylic acids is 1. The van der Waals surface area contributed by atoms with Gasteiger partial charge in [0.05, 0.1) is 22.8 Å². The van der Waals surface area contributed by atoms with Crippen LogP contribution in [-0.2, 0) is 6.54 Å². The number of hydrogen-bond donors (Lipinski definition) is 2. The average Bonchev–Trinajstić information content (AvgIpc) is 2.73. The Bertz CT molecular complexity index is 633. The van der Waals surface area contributed by atoms with Gasteiger partial charge in [0.15, 0.2) is 4.47 Å². The molecule has 1 aromatic carbocycles. The van der Waals surface area contributed by atoms with Gasteiger partial charge >= 0.3 is 5.97 Å². The molecule has 0 unspecified atom stereocenters. The molecule has 100 valence electrons. The minimum atomic E-state index is -1.35. The molecule has 0 fully saturated rings. The highest BCUT2D eigenvalue weighted by Gasteiger charge is 2.14. The third-order valence-corrected chi connectivity index (χ3v) is 3.69. The fourth-order valence-corrected chi connectivity index (χ4v) is 2.53. The predicted molar refractivity (Wildman–Crippen MR) is 72.8 cm³/mol. The highest BCUT2D eigenvalue weighted by Crippen LogP contribution is 2.27. The molecular formula is C11H7Cl2FN2O2S. The summed E-state index contributed by atoms with van der Waals surface area (Å²) < 4.78 is 13.7. The van der Waals surface area contributed by atoms with E-state index in [0.29, 0.717) is 16.7 Å². The second kappa shape index (κ2) is 5.73. The van der Waals surface area contributed by atoms with Gasteiger partial charge in [0.2, 0.25) is 0 Å². The Hall–Kier alpha value is -1.37. The molecule has 19 heavy (non-hydrogen) atoms. The number of hydrogen-bond acceptors (Lipinski definition) is 4. The van der Waals surface area contributed by atoms with Gasteiger partial charge in [-0.25, -0.2) is 14.2 Å². The van der Waals surface area contributed by atoms with E-state index >= 15 is 0 Å². The van der Waals surface area contributed by atoms with E-state index in [2.05, 4.69) is 10.3 Å². The molecule has 0 aliphatic heterocycles. The third-order valence-electron chi connectivity index (χ3n) is 2.27. The number of carbonyl (C=O) groups is 1. The van der Waals surface area contributed by atoms with E-state index in [4.69, 9.17) is 28.3 Å². The number of thiazole rings is 1. The summed E-state index contributed by atoms with van der Waals surface area (Å²) in [6.07, 6.45) is 1.59. The molecule has 2 aromatic rings. The molecule has 2 rings (SSSR count). The van der Waals surface area contributed by atoms with Crippen molar-refractivity contribution in [2.45, 2.75) is 6.54 Å². The van der Waals surface area contributed by atoms with E-state index in [-0.39, 0.29) is 5.02 Å². The van der Waals surface area contributed by atoms with Gasteiger partial charge in [-0.15, -0.1) is 11.3 Å². The third kappa shape index (κ3) is 3.34. The molecule has 0 atom stereocenters. The van der Waals surface area contributed by atoms with Gasteiger partial charge in [-0.05, 0) is 12.1 Å². The Morgan fingerprint density at radius 2 is 2.21 bits per heavy atom. The fraction of sp³-hybridized carbons (Fsp3) is 0.0909. The van der Waals surface area contributed by atoms with Gasteiger partial charge in [-0.2, -0.15) is 0 Å². The Kier molecular flexibility index (Phi) is 4.24. The summed E-state index contributed by atoms with van der Waals surface area (Å²) >= 11 is 12.8. The zero-order valence-electron chi connectivity index (χ0n) is 9.28. The van der Waals surface area contributed by atoms with Crippen LogP contribution < -0.4 is 5.32 Å². The quantitative estimate of drug-likeness (QED) is 0.896. The number of anilines is 1. The van der Waals surface area contributed by atoms with Crippen LogP contribution in [0.4, 0.5) is 10.1 Å². The highest BCUT2D eigenvalue weighted by atomic mass is 35.5. The SMILES string of the molecule is O=C(O)c1cc(NCc2cnc(Cl)s2)c(Cl)cc1F. The zero-order chi connectivity index (χ0) is 14.0. The number of carboxylic acid groups (broad SMARTS) is 1. The summed E-state index contributed by atoms with van der Waals surface area (Å²) in [7, 11) is 0. The molecule has 8 heteroatoms. The van der Waals surface area contributed by atoms with Gasteiger partial charge < -0.3 is 10.4 Å². The summed E-state index contributed by atoms with van der Waals surface area (Å²) in [6.45, 7) is 0.370. The van der Waals surface area contributed by atoms with Crippen LogP contribution >= 0.6 is 34.5 Å². The number of aromatic nitrogens is 1. The average molecular weight is 321 g/mol. The molecule has 0 saturated carbocycles. The van der Waals surface area contributed by atoms with Crippen LogP contribution in [0.25, 0.3) is 0 Å². The molecule has 1 heterocycles. The van der Waals surface area contributed by atoms with Crippen molar-refractivity contribution in [3.63, 3.8) is 0 Å². The van der Waals surface area contributed by atoms with Gasteiger partial charge in [-0.3, -0.25) is 0 Å². The van der Waals surface area contributed by atoms with Crippen LogP contribution in [0.15, 0.2) is 18.3 Å². The number of halogens is 3. The lowest BCUT2D eigenvalue weighted by Crippen LogP contribution is -2.04. The highest BCUT2D eigenvalue weighted by molar-refractivity contribution is 7.15. The maximum atomic E-state index is 13.3. The van der Waals surface area contributed by atoms with Crippen molar-refractivity contribution < 1.29 is 14.3 Å². The second-order valence-electron chi connectivity index (χ2n) is 3.55. The zero-order valence-corrected chi connectivity index (χ0v) is 11.6. The topological polar surface area (TPSA) is 62.2 Å². The molecule has 0 radical (unpaired) electrons. The molecule has 0 saturated heterocycles. The minimum absolute atomic E-state index is 0.109. The first-order valence-electron chi connectivity index (χ1n) is 5.04. The van der Waals surface area contributed by atoms with E-state index in [9.17, 15) is 9.18 Å². The van der Waals surface area contributed by atoms with E-state index < -0.39 is 17.3 Å². The molecule has 1 aromatic heterocycles. The van der Waals surface area contributed by atoms with Gasteiger partial charge in [0, 0.05) is 11.1 Å². The molecule has 0 aliphatic carbocycles. The second-order valence-corrected chi connectivity index (χ2v) is 5.65. The molecule has 0 aliphatic rings. The molecule has 0 bridgehead atoms. The maximum Gasteiger partial charge on any atom is 0.338 e. The summed E-state index contributed by atoms with van der Waals surface area (Å²) in [4.78, 5) is 15.5. The van der Waals surface area contributed by atoms with Crippen molar-refractivity contribution in [1.29, 1.82) is 0 Å². The monoisotopic (exact) mass is 320 g/mol. The van der Waals surface area contributed by atoms with Gasteiger partial charge in [0.1, 0.15) is 5.82 Å². The maximum absolute atomic E-state index is 13.3. The predicted octanol–water partition coefficient (Wildman–Crippen LogP) is 3.90. The Balaban J connectivity index is 2.20. The summed E-state index contributed by atoms with van der Waals surface area (Å²) in [5.74, 6) is -2.22. The van der Waals surface area contributed by atoms with Gasteiger partial charge in [0.25, 0.3) is 0 Å². The lowest BCUT2D eigenvalue weighted by Gasteiger charge is -2.08. The van der Waals surface area contributed by atoms with E-state index in [1.807, 2.05) is 0 Å². The number of rotatable bonds is 4. The van der Waals surface area contributed by atoms with Crippen LogP contribution in [0.2, 0.25) is 9.49 Å². The van der Waals surface area contributed by atoms with Crippen LogP contribution in [0.1, 0.15) is 15.2 Å². The van der Waals surface area contributed by atoms with Crippen LogP contribution in [-0.4, -0.2) is 16.1 Å². The van der Waals surface area contributed by atoms with Crippen molar-refractivity contribution in [2.24, 2.45) is 0 Å². The van der Waals surface area contributed by atoms with Crippen molar-refractivity contribution in [2.75, 3.05) is 5.32 Å². The van der Waals surface area contributed by atoms with Crippen molar-refractivity contribution in [1.82, 2.24) is 4.98 Å². The molecule has 4 nitrogen and oxygen atoms in total. The smallest absolute Gasteiger partial charge is 0.338 e. The first-order valence-corrected chi connectivity index (χ1v) is 6.61. The number of nitrogens with one attached hydrogen (secondary N) is 1. The number of carboxylic acids is 1. The molecule has 0 amide bonds. The molecule has 0 spiro atoms. The van der Waals surface area contributed by atoms with Crippen LogP contribution in [0.5, 0.6) is 0 Å². The first kappa shape index (κ1) is 14.0. The summed E-state index contributed by atoms with van der Waals surface area (Å²) in [5.41, 5.74) is -0.0979. The van der Waals surface area contributed by atoms with Crippen molar-refractivity contribution >= 4 is 46.2 Å². The minimum Gasteiger partial charge on any atom is -0.478 e. The normalized spacial score (nSPS) is 10.5. The fourth-order valence-electron chi connectivity index (χ4n) is 1.40. The number of benzene rings is 1. The van der Waals surface area contributed by atoms with Crippen molar-refractivity contribution in [3.8, 4) is 0 Å². The van der Waals surface area contributed by atoms with E-state index in [1.54, 1.807) is 6.20 Å². The van der Waals surface area contributed by atoms with Gasteiger partial charge in [-0.1, -0.05) is 23.2 Å². The van der Waals surface area contributed by atoms with Crippen molar-refractivity contribution in [3.05, 3.63) is 44.1 Å². The standard InChI is InChI=1S/C11H7Cl2FN2O2S/c12-7-2-8(14)6(10(17)18)1-9(7)15-3-5-4-16-11(13)19-5/h1-2,4,15H,3H2,(H,17,18). The number of nitrogens with zero attached hydrogens (tertiary/aromatic N) is 1. The molecule has 2 N–H and O–H groups in total. The molecular weight excluding hydrogens is 314 g/mol. The van der Waals surface area contributed by atoms with E-state index in [1.165, 1.54) is 11.3 Å². The lowest BCUT2D eigenvalue weighted by molar-refractivity contribution is 0.0692. The summed E-state index contributed by atoms with van der Waals surface area (Å²) in [6, 6.07) is 2.12. The van der Waals surface area contributed by atoms with Crippen LogP contribution in [0.3, 0.4) is 0 Å². The lowest BCUT2D eigenvalue weighted by atomic mass is 10.2. The first-order chi connectivity index (χ1) is 8.97.